The summed E-state index contributed by atoms with van der Waals surface area (Å²) in [7, 11) is 0. The van der Waals surface area contributed by atoms with E-state index in [0.29, 0.717) is 32.5 Å². The van der Waals surface area contributed by atoms with E-state index in [1.807, 2.05) is 46.4 Å². The molecule has 0 aliphatic heterocycles. The number of carbonyl (C=O) groups is 2. The molecule has 6 heteroatoms. The van der Waals surface area contributed by atoms with Gasteiger partial charge in [-0.1, -0.05) is 27.7 Å². The van der Waals surface area contributed by atoms with Crippen LogP contribution in [0.4, 0.5) is 0 Å². The Hall–Kier alpha value is -0.750. The third-order valence-corrected chi connectivity index (χ3v) is 5.00. The zero-order chi connectivity index (χ0) is 19.3. The second kappa shape index (κ2) is 12.6. The molecule has 0 atom stereocenters. The maximum atomic E-state index is 12.3. The molecule has 0 aromatic carbocycles. The van der Waals surface area contributed by atoms with Crippen molar-refractivity contribution >= 4 is 23.6 Å². The third kappa shape index (κ3) is 12.3. The van der Waals surface area contributed by atoms with Crippen LogP contribution in [0.25, 0.3) is 0 Å². The first-order chi connectivity index (χ1) is 11.6. The molecule has 0 bridgehead atoms. The van der Waals surface area contributed by atoms with Gasteiger partial charge in [0.05, 0.1) is 5.60 Å². The minimum atomic E-state index is -0.442. The van der Waals surface area contributed by atoms with Crippen LogP contribution in [-0.2, 0) is 14.3 Å². The van der Waals surface area contributed by atoms with Crippen molar-refractivity contribution in [3.8, 4) is 0 Å². The molecule has 0 aliphatic carbocycles. The highest BCUT2D eigenvalue weighted by molar-refractivity contribution is 7.99. The van der Waals surface area contributed by atoms with E-state index in [0.717, 1.165) is 24.3 Å². The number of hydrogen-bond acceptors (Lipinski definition) is 4. The van der Waals surface area contributed by atoms with Crippen LogP contribution >= 0.6 is 11.8 Å². The molecule has 25 heavy (non-hydrogen) atoms. The number of nitrogens with one attached hydrogen (secondary N) is 2. The fourth-order valence-corrected chi connectivity index (χ4v) is 2.74. The fourth-order valence-electron chi connectivity index (χ4n) is 2.21. The Balaban J connectivity index is 4.07. The second-order valence-corrected chi connectivity index (χ2v) is 8.94. The van der Waals surface area contributed by atoms with Gasteiger partial charge in [0.2, 0.25) is 11.8 Å². The van der Waals surface area contributed by atoms with Crippen LogP contribution in [0.2, 0.25) is 0 Å². The molecule has 0 fully saturated rings. The molecule has 0 spiro atoms. The summed E-state index contributed by atoms with van der Waals surface area (Å²) in [4.78, 5) is 23.7. The Morgan fingerprint density at radius 3 is 2.28 bits per heavy atom. The van der Waals surface area contributed by atoms with Gasteiger partial charge in [-0.05, 0) is 38.9 Å². The van der Waals surface area contributed by atoms with Gasteiger partial charge >= 0.3 is 0 Å². The van der Waals surface area contributed by atoms with Crippen LogP contribution < -0.4 is 10.6 Å². The van der Waals surface area contributed by atoms with Gasteiger partial charge in [-0.25, -0.2) is 0 Å². The van der Waals surface area contributed by atoms with E-state index < -0.39 is 5.41 Å². The average molecular weight is 375 g/mol. The third-order valence-electron chi connectivity index (χ3n) is 4.10. The standard InChI is InChI=1S/C19H38N2O3S/c1-7-9-16(22)20-12-10-19(5,6)24-14-11-18(3,4)17(23)21-13-15-25-8-2/h7-15H2,1-6H3,(H,20,22)(H,21,23). The molecule has 0 saturated carbocycles. The summed E-state index contributed by atoms with van der Waals surface area (Å²) >= 11 is 1.83. The minimum absolute atomic E-state index is 0.0810. The molecule has 0 aromatic rings. The van der Waals surface area contributed by atoms with E-state index in [1.165, 1.54) is 0 Å². The van der Waals surface area contributed by atoms with E-state index in [9.17, 15) is 9.59 Å². The first-order valence-electron chi connectivity index (χ1n) is 9.41. The van der Waals surface area contributed by atoms with E-state index in [-0.39, 0.29) is 17.4 Å². The number of amides is 2. The van der Waals surface area contributed by atoms with Gasteiger partial charge in [-0.15, -0.1) is 0 Å². The van der Waals surface area contributed by atoms with Gasteiger partial charge in [-0.2, -0.15) is 11.8 Å². The lowest BCUT2D eigenvalue weighted by atomic mass is 9.88. The molecule has 0 unspecified atom stereocenters. The van der Waals surface area contributed by atoms with Gasteiger partial charge in [0.15, 0.2) is 0 Å². The topological polar surface area (TPSA) is 67.4 Å². The van der Waals surface area contributed by atoms with Crippen molar-refractivity contribution in [3.05, 3.63) is 0 Å². The highest BCUT2D eigenvalue weighted by Crippen LogP contribution is 2.23. The minimum Gasteiger partial charge on any atom is -0.375 e. The van der Waals surface area contributed by atoms with E-state index in [2.05, 4.69) is 17.6 Å². The summed E-state index contributed by atoms with van der Waals surface area (Å²) in [5.74, 6) is 2.20. The lowest BCUT2D eigenvalue weighted by Crippen LogP contribution is -2.39. The van der Waals surface area contributed by atoms with Crippen molar-refractivity contribution in [1.29, 1.82) is 0 Å². The first kappa shape index (κ1) is 24.2. The number of thioether (sulfide) groups is 1. The zero-order valence-electron chi connectivity index (χ0n) is 17.0. The maximum absolute atomic E-state index is 12.3. The molecule has 148 valence electrons. The summed E-state index contributed by atoms with van der Waals surface area (Å²) in [5, 5.41) is 5.91. The van der Waals surface area contributed by atoms with Crippen molar-refractivity contribution in [2.24, 2.45) is 5.41 Å². The molecular weight excluding hydrogens is 336 g/mol. The number of rotatable bonds is 14. The van der Waals surface area contributed by atoms with Crippen LogP contribution in [0.5, 0.6) is 0 Å². The molecular formula is C19H38N2O3S. The molecule has 0 radical (unpaired) electrons. The van der Waals surface area contributed by atoms with E-state index in [1.54, 1.807) is 0 Å². The predicted octanol–water partition coefficient (Wildman–Crippen LogP) is 3.37. The molecule has 2 amide bonds. The molecule has 0 aliphatic rings. The summed E-state index contributed by atoms with van der Waals surface area (Å²) in [6, 6.07) is 0. The molecule has 5 nitrogen and oxygen atoms in total. The van der Waals surface area contributed by atoms with Gasteiger partial charge in [0.25, 0.3) is 0 Å². The van der Waals surface area contributed by atoms with Crippen LogP contribution in [0.15, 0.2) is 0 Å². The number of carbonyl (C=O) groups excluding carboxylic acids is 2. The van der Waals surface area contributed by atoms with E-state index >= 15 is 0 Å². The highest BCUT2D eigenvalue weighted by Gasteiger charge is 2.28. The normalized spacial score (nSPS) is 12.1. The lowest BCUT2D eigenvalue weighted by Gasteiger charge is -2.29. The molecule has 0 aromatic heterocycles. The van der Waals surface area contributed by atoms with Crippen LogP contribution in [0, 0.1) is 5.41 Å². The van der Waals surface area contributed by atoms with Crippen molar-refractivity contribution in [2.75, 3.05) is 31.2 Å². The van der Waals surface area contributed by atoms with Crippen molar-refractivity contribution in [1.82, 2.24) is 10.6 Å². The largest absolute Gasteiger partial charge is 0.375 e. The zero-order valence-corrected chi connectivity index (χ0v) is 17.8. The van der Waals surface area contributed by atoms with Crippen LogP contribution in [0.3, 0.4) is 0 Å². The van der Waals surface area contributed by atoms with Crippen molar-refractivity contribution in [3.63, 3.8) is 0 Å². The Kier molecular flexibility index (Phi) is 12.2. The van der Waals surface area contributed by atoms with Gasteiger partial charge < -0.3 is 15.4 Å². The highest BCUT2D eigenvalue weighted by atomic mass is 32.2. The van der Waals surface area contributed by atoms with Gasteiger partial charge in [0, 0.05) is 37.3 Å². The summed E-state index contributed by atoms with van der Waals surface area (Å²) in [6.07, 6.45) is 2.86. The molecule has 2 N–H and O–H groups in total. The van der Waals surface area contributed by atoms with Crippen LogP contribution in [-0.4, -0.2) is 48.6 Å². The average Bonchev–Trinajstić information content (AvgIpc) is 2.51. The van der Waals surface area contributed by atoms with E-state index in [4.69, 9.17) is 4.74 Å². The molecule has 0 heterocycles. The SMILES string of the molecule is CCCC(=O)NCCC(C)(C)OCCC(C)(C)C(=O)NCCSCC. The first-order valence-corrected chi connectivity index (χ1v) is 10.6. The second-order valence-electron chi connectivity index (χ2n) is 7.54. The van der Waals surface area contributed by atoms with Crippen LogP contribution in [0.1, 0.15) is 67.2 Å². The Morgan fingerprint density at radius 2 is 1.68 bits per heavy atom. The van der Waals surface area contributed by atoms with Crippen molar-refractivity contribution < 1.29 is 14.3 Å². The van der Waals surface area contributed by atoms with Gasteiger partial charge in [-0.3, -0.25) is 9.59 Å². The smallest absolute Gasteiger partial charge is 0.225 e. The van der Waals surface area contributed by atoms with Gasteiger partial charge in [0.1, 0.15) is 0 Å². The Morgan fingerprint density at radius 1 is 1.00 bits per heavy atom. The number of hydrogen-bond donors (Lipinski definition) is 2. The Bertz CT molecular complexity index is 398. The lowest BCUT2D eigenvalue weighted by molar-refractivity contribution is -0.131. The summed E-state index contributed by atoms with van der Waals surface area (Å²) < 4.78 is 5.96. The summed E-state index contributed by atoms with van der Waals surface area (Å²) in [5.41, 5.74) is -0.758. The Labute approximate surface area is 158 Å². The molecule has 0 rings (SSSR count). The fraction of sp³-hybridized carbons (Fsp3) is 0.895. The predicted molar refractivity (Wildman–Crippen MR) is 107 cm³/mol. The maximum Gasteiger partial charge on any atom is 0.225 e. The molecule has 0 saturated heterocycles. The monoisotopic (exact) mass is 374 g/mol. The summed E-state index contributed by atoms with van der Waals surface area (Å²) in [6.45, 7) is 13.9. The number of ether oxygens (including phenoxy) is 1. The van der Waals surface area contributed by atoms with Crippen molar-refractivity contribution in [2.45, 2.75) is 72.8 Å². The quantitative estimate of drug-likeness (QED) is 0.458.